The second-order valence-electron chi connectivity index (χ2n) is 9.18. The SMILES string of the molecule is CN1CCC(N2CCN(Cc3ccc(C#CC(C)(C)O)cc3)C[C@@H]2CCO)CC1. The van der Waals surface area contributed by atoms with E-state index in [0.717, 1.165) is 38.2 Å². The molecule has 0 aliphatic carbocycles. The quantitative estimate of drug-likeness (QED) is 0.739. The molecule has 2 N–H and O–H groups in total. The van der Waals surface area contributed by atoms with Gasteiger partial charge in [-0.15, -0.1) is 0 Å². The molecule has 2 heterocycles. The molecule has 0 saturated carbocycles. The van der Waals surface area contributed by atoms with Crippen molar-refractivity contribution in [3.63, 3.8) is 0 Å². The second-order valence-corrected chi connectivity index (χ2v) is 9.18. The van der Waals surface area contributed by atoms with Crippen molar-refractivity contribution in [1.82, 2.24) is 14.7 Å². The number of piperidine rings is 1. The van der Waals surface area contributed by atoms with Gasteiger partial charge in [-0.25, -0.2) is 0 Å². The molecule has 0 unspecified atom stereocenters. The zero-order valence-electron chi connectivity index (χ0n) is 18.3. The van der Waals surface area contributed by atoms with Gasteiger partial charge in [-0.1, -0.05) is 24.0 Å². The zero-order valence-corrected chi connectivity index (χ0v) is 18.3. The Morgan fingerprint density at radius 1 is 1.07 bits per heavy atom. The molecule has 160 valence electrons. The predicted molar refractivity (Wildman–Crippen MR) is 118 cm³/mol. The molecule has 2 fully saturated rings. The van der Waals surface area contributed by atoms with Crippen LogP contribution in [0.5, 0.6) is 0 Å². The van der Waals surface area contributed by atoms with E-state index in [4.69, 9.17) is 0 Å². The number of hydrogen-bond donors (Lipinski definition) is 2. The lowest BCUT2D eigenvalue weighted by atomic mass is 9.98. The van der Waals surface area contributed by atoms with E-state index in [1.54, 1.807) is 13.8 Å². The number of nitrogens with zero attached hydrogens (tertiary/aromatic N) is 3. The summed E-state index contributed by atoms with van der Waals surface area (Å²) in [4.78, 5) is 7.61. The average Bonchev–Trinajstić information content (AvgIpc) is 2.68. The number of aliphatic hydroxyl groups excluding tert-OH is 1. The molecular weight excluding hydrogens is 362 g/mol. The molecule has 0 amide bonds. The van der Waals surface area contributed by atoms with E-state index < -0.39 is 5.60 Å². The number of hydrogen-bond acceptors (Lipinski definition) is 5. The normalized spacial score (nSPS) is 23.0. The zero-order chi connectivity index (χ0) is 20.9. The van der Waals surface area contributed by atoms with Crippen LogP contribution in [0.15, 0.2) is 24.3 Å². The average molecular weight is 400 g/mol. The Hall–Kier alpha value is -1.42. The molecule has 29 heavy (non-hydrogen) atoms. The molecule has 1 aromatic carbocycles. The molecule has 1 atom stereocenters. The van der Waals surface area contributed by atoms with Crippen LogP contribution >= 0.6 is 0 Å². The number of rotatable bonds is 5. The highest BCUT2D eigenvalue weighted by Gasteiger charge is 2.32. The van der Waals surface area contributed by atoms with E-state index in [0.29, 0.717) is 12.1 Å². The summed E-state index contributed by atoms with van der Waals surface area (Å²) in [5.74, 6) is 5.89. The monoisotopic (exact) mass is 399 g/mol. The van der Waals surface area contributed by atoms with Crippen LogP contribution in [0.3, 0.4) is 0 Å². The molecule has 0 spiro atoms. The van der Waals surface area contributed by atoms with E-state index in [2.05, 4.69) is 45.7 Å². The van der Waals surface area contributed by atoms with Gasteiger partial charge in [-0.05, 0) is 70.9 Å². The highest BCUT2D eigenvalue weighted by Crippen LogP contribution is 2.23. The fourth-order valence-electron chi connectivity index (χ4n) is 4.47. The van der Waals surface area contributed by atoms with Gasteiger partial charge in [-0.2, -0.15) is 0 Å². The third-order valence-corrected chi connectivity index (χ3v) is 6.10. The summed E-state index contributed by atoms with van der Waals surface area (Å²) >= 11 is 0. The maximum atomic E-state index is 9.74. The third-order valence-electron chi connectivity index (χ3n) is 6.10. The first-order valence-corrected chi connectivity index (χ1v) is 11.0. The molecule has 2 aliphatic heterocycles. The van der Waals surface area contributed by atoms with Crippen molar-refractivity contribution in [1.29, 1.82) is 0 Å². The minimum atomic E-state index is -0.964. The molecule has 1 aromatic rings. The van der Waals surface area contributed by atoms with Gasteiger partial charge in [0.05, 0.1) is 0 Å². The predicted octanol–water partition coefficient (Wildman–Crippen LogP) is 1.77. The smallest absolute Gasteiger partial charge is 0.120 e. The van der Waals surface area contributed by atoms with E-state index >= 15 is 0 Å². The first kappa shape index (κ1) is 22.3. The minimum Gasteiger partial charge on any atom is -0.396 e. The second kappa shape index (κ2) is 10.1. The van der Waals surface area contributed by atoms with Crippen molar-refractivity contribution in [2.75, 3.05) is 46.4 Å². The van der Waals surface area contributed by atoms with E-state index in [-0.39, 0.29) is 6.61 Å². The first-order chi connectivity index (χ1) is 13.8. The summed E-state index contributed by atoms with van der Waals surface area (Å²) in [7, 11) is 2.21. The lowest BCUT2D eigenvalue weighted by Gasteiger charge is -2.47. The topological polar surface area (TPSA) is 50.2 Å². The highest BCUT2D eigenvalue weighted by atomic mass is 16.3. The van der Waals surface area contributed by atoms with Crippen LogP contribution in [0.4, 0.5) is 0 Å². The van der Waals surface area contributed by atoms with Crippen LogP contribution in [-0.2, 0) is 6.54 Å². The molecular formula is C24H37N3O2. The Labute approximate surface area is 176 Å². The highest BCUT2D eigenvalue weighted by molar-refractivity contribution is 5.37. The van der Waals surface area contributed by atoms with Gasteiger partial charge in [0, 0.05) is 50.4 Å². The number of likely N-dealkylation sites (tertiary alicyclic amines) is 1. The summed E-state index contributed by atoms with van der Waals surface area (Å²) in [5, 5.41) is 19.3. The molecule has 2 saturated heterocycles. The Balaban J connectivity index is 1.57. The summed E-state index contributed by atoms with van der Waals surface area (Å²) in [5.41, 5.74) is 1.25. The van der Waals surface area contributed by atoms with Crippen molar-refractivity contribution >= 4 is 0 Å². The standard InChI is InChI=1S/C24H37N3O2/c1-24(2,29)12-8-20-4-6-21(7-5-20)18-26-15-16-27(23(19-26)11-17-28)22-9-13-25(3)14-10-22/h4-7,22-23,28-29H,9-11,13-19H2,1-3H3/t23-/m0/s1. The van der Waals surface area contributed by atoms with Crippen LogP contribution < -0.4 is 0 Å². The van der Waals surface area contributed by atoms with Crippen molar-refractivity contribution in [2.45, 2.75) is 57.3 Å². The van der Waals surface area contributed by atoms with Gasteiger partial charge < -0.3 is 15.1 Å². The van der Waals surface area contributed by atoms with E-state index in [9.17, 15) is 10.2 Å². The van der Waals surface area contributed by atoms with Crippen molar-refractivity contribution < 1.29 is 10.2 Å². The molecule has 0 aromatic heterocycles. The van der Waals surface area contributed by atoms with Crippen LogP contribution in [-0.4, -0.2) is 89.0 Å². The minimum absolute atomic E-state index is 0.260. The van der Waals surface area contributed by atoms with E-state index in [1.807, 2.05) is 12.1 Å². The fourth-order valence-corrected chi connectivity index (χ4v) is 4.47. The van der Waals surface area contributed by atoms with Gasteiger partial charge in [0.1, 0.15) is 5.60 Å². The van der Waals surface area contributed by atoms with Gasteiger partial charge in [0.25, 0.3) is 0 Å². The van der Waals surface area contributed by atoms with E-state index in [1.165, 1.54) is 31.5 Å². The maximum Gasteiger partial charge on any atom is 0.120 e. The molecule has 5 heteroatoms. The largest absolute Gasteiger partial charge is 0.396 e. The number of piperazine rings is 1. The molecule has 2 aliphatic rings. The van der Waals surface area contributed by atoms with Crippen LogP contribution in [0, 0.1) is 11.8 Å². The Bertz CT molecular complexity index is 694. The molecule has 0 bridgehead atoms. The summed E-state index contributed by atoms with van der Waals surface area (Å²) in [6.45, 7) is 10.1. The van der Waals surface area contributed by atoms with Crippen LogP contribution in [0.1, 0.15) is 44.2 Å². The molecule has 5 nitrogen and oxygen atoms in total. The van der Waals surface area contributed by atoms with Crippen LogP contribution in [0.25, 0.3) is 0 Å². The lowest BCUT2D eigenvalue weighted by molar-refractivity contribution is 0.00600. The maximum absolute atomic E-state index is 9.74. The van der Waals surface area contributed by atoms with Gasteiger partial charge in [0.2, 0.25) is 0 Å². The van der Waals surface area contributed by atoms with Crippen molar-refractivity contribution in [3.05, 3.63) is 35.4 Å². The molecule has 3 rings (SSSR count). The van der Waals surface area contributed by atoms with Gasteiger partial charge in [0.15, 0.2) is 0 Å². The first-order valence-electron chi connectivity index (χ1n) is 11.0. The Morgan fingerprint density at radius 3 is 2.38 bits per heavy atom. The number of aliphatic hydroxyl groups is 2. The van der Waals surface area contributed by atoms with Gasteiger partial charge in [-0.3, -0.25) is 9.80 Å². The number of benzene rings is 1. The summed E-state index contributed by atoms with van der Waals surface area (Å²) in [6, 6.07) is 9.46. The Morgan fingerprint density at radius 2 is 1.76 bits per heavy atom. The fraction of sp³-hybridized carbons (Fsp3) is 0.667. The Kier molecular flexibility index (Phi) is 7.72. The van der Waals surface area contributed by atoms with Crippen LogP contribution in [0.2, 0.25) is 0 Å². The van der Waals surface area contributed by atoms with Gasteiger partial charge >= 0.3 is 0 Å². The third kappa shape index (κ3) is 6.80. The summed E-state index contributed by atoms with van der Waals surface area (Å²) < 4.78 is 0. The van der Waals surface area contributed by atoms with Crippen molar-refractivity contribution in [2.24, 2.45) is 0 Å². The molecule has 0 radical (unpaired) electrons. The lowest BCUT2D eigenvalue weighted by Crippen LogP contribution is -2.58. The van der Waals surface area contributed by atoms with Crippen molar-refractivity contribution in [3.8, 4) is 11.8 Å². The summed E-state index contributed by atoms with van der Waals surface area (Å²) in [6.07, 6.45) is 3.34.